The largest absolute Gasteiger partial charge is 0.395 e. The quantitative estimate of drug-likeness (QED) is 0.693. The van der Waals surface area contributed by atoms with Crippen LogP contribution in [0.3, 0.4) is 0 Å². The first kappa shape index (κ1) is 12.7. The molecule has 0 spiro atoms. The normalized spacial score (nSPS) is 12.2. The van der Waals surface area contributed by atoms with E-state index in [1.165, 1.54) is 0 Å². The van der Waals surface area contributed by atoms with Crippen LogP contribution in [0.5, 0.6) is 0 Å². The molecule has 0 radical (unpaired) electrons. The molecule has 0 fully saturated rings. The van der Waals surface area contributed by atoms with E-state index in [0.29, 0.717) is 0 Å². The molecular formula is C12H18N2O2. The summed E-state index contributed by atoms with van der Waals surface area (Å²) in [5, 5.41) is 14.5. The summed E-state index contributed by atoms with van der Waals surface area (Å²) in [7, 11) is 0. The van der Waals surface area contributed by atoms with Crippen LogP contribution >= 0.6 is 0 Å². The van der Waals surface area contributed by atoms with Crippen molar-refractivity contribution >= 4 is 11.6 Å². The van der Waals surface area contributed by atoms with E-state index in [0.717, 1.165) is 11.3 Å². The number of anilines is 1. The van der Waals surface area contributed by atoms with Crippen LogP contribution in [-0.2, 0) is 4.79 Å². The Kier molecular flexibility index (Phi) is 4.95. The molecule has 4 nitrogen and oxygen atoms in total. The van der Waals surface area contributed by atoms with Gasteiger partial charge in [-0.15, -0.1) is 0 Å². The predicted octanol–water partition coefficient (Wildman–Crippen LogP) is 0.904. The van der Waals surface area contributed by atoms with Crippen LogP contribution < -0.4 is 10.6 Å². The molecule has 1 amide bonds. The number of rotatable bonds is 5. The molecule has 1 unspecified atom stereocenters. The molecule has 1 rings (SSSR count). The Labute approximate surface area is 95.7 Å². The van der Waals surface area contributed by atoms with Gasteiger partial charge in [-0.3, -0.25) is 4.79 Å². The first-order valence-corrected chi connectivity index (χ1v) is 5.32. The number of aliphatic hydroxyl groups excluding tert-OH is 1. The van der Waals surface area contributed by atoms with Crippen molar-refractivity contribution in [1.29, 1.82) is 0 Å². The van der Waals surface area contributed by atoms with Gasteiger partial charge >= 0.3 is 0 Å². The van der Waals surface area contributed by atoms with Gasteiger partial charge in [-0.2, -0.15) is 0 Å². The van der Waals surface area contributed by atoms with Gasteiger partial charge in [0.25, 0.3) is 0 Å². The van der Waals surface area contributed by atoms with Gasteiger partial charge in [-0.25, -0.2) is 0 Å². The predicted molar refractivity (Wildman–Crippen MR) is 64.4 cm³/mol. The van der Waals surface area contributed by atoms with Crippen molar-refractivity contribution < 1.29 is 9.90 Å². The molecule has 0 aliphatic rings. The van der Waals surface area contributed by atoms with Crippen LogP contribution in [0, 0.1) is 6.92 Å². The molecule has 16 heavy (non-hydrogen) atoms. The Hall–Kier alpha value is -1.39. The topological polar surface area (TPSA) is 61.4 Å². The minimum atomic E-state index is -0.106. The molecule has 3 N–H and O–H groups in total. The summed E-state index contributed by atoms with van der Waals surface area (Å²) in [4.78, 5) is 11.5. The zero-order valence-electron chi connectivity index (χ0n) is 9.66. The lowest BCUT2D eigenvalue weighted by atomic mass is 10.2. The molecule has 0 saturated heterocycles. The summed E-state index contributed by atoms with van der Waals surface area (Å²) in [6, 6.07) is 7.56. The van der Waals surface area contributed by atoms with E-state index in [2.05, 4.69) is 10.6 Å². The summed E-state index contributed by atoms with van der Waals surface area (Å²) in [6.07, 6.45) is 0. The molecule has 4 heteroatoms. The van der Waals surface area contributed by atoms with Crippen molar-refractivity contribution in [3.63, 3.8) is 0 Å². The molecule has 0 aromatic heterocycles. The highest BCUT2D eigenvalue weighted by atomic mass is 16.3. The van der Waals surface area contributed by atoms with Gasteiger partial charge < -0.3 is 15.7 Å². The molecule has 0 bridgehead atoms. The standard InChI is InChI=1S/C12H18N2O2/c1-9-4-3-5-11(6-9)14-12(16)7-13-10(2)8-15/h3-6,10,13,15H,7-8H2,1-2H3,(H,14,16). The minimum Gasteiger partial charge on any atom is -0.395 e. The first-order chi connectivity index (χ1) is 7.61. The van der Waals surface area contributed by atoms with E-state index < -0.39 is 0 Å². The maximum Gasteiger partial charge on any atom is 0.238 e. The number of amides is 1. The fourth-order valence-electron chi connectivity index (χ4n) is 1.26. The van der Waals surface area contributed by atoms with Crippen molar-refractivity contribution in [3.8, 4) is 0 Å². The fourth-order valence-corrected chi connectivity index (χ4v) is 1.26. The Morgan fingerprint density at radius 1 is 1.50 bits per heavy atom. The lowest BCUT2D eigenvalue weighted by Gasteiger charge is -2.10. The smallest absolute Gasteiger partial charge is 0.238 e. The van der Waals surface area contributed by atoms with Crippen LogP contribution in [0.15, 0.2) is 24.3 Å². The maximum absolute atomic E-state index is 11.5. The van der Waals surface area contributed by atoms with Crippen LogP contribution in [0.1, 0.15) is 12.5 Å². The Morgan fingerprint density at radius 3 is 2.88 bits per heavy atom. The third kappa shape index (κ3) is 4.42. The summed E-state index contributed by atoms with van der Waals surface area (Å²) < 4.78 is 0. The minimum absolute atomic E-state index is 0.0255. The number of carbonyl (C=O) groups is 1. The number of benzene rings is 1. The SMILES string of the molecule is Cc1cccc(NC(=O)CNC(C)CO)c1. The Morgan fingerprint density at radius 2 is 2.25 bits per heavy atom. The maximum atomic E-state index is 11.5. The number of aryl methyl sites for hydroxylation is 1. The van der Waals surface area contributed by atoms with Gasteiger partial charge in [0, 0.05) is 11.7 Å². The van der Waals surface area contributed by atoms with E-state index in [4.69, 9.17) is 5.11 Å². The van der Waals surface area contributed by atoms with Crippen molar-refractivity contribution in [3.05, 3.63) is 29.8 Å². The van der Waals surface area contributed by atoms with E-state index in [1.807, 2.05) is 38.1 Å². The van der Waals surface area contributed by atoms with Crippen LogP contribution in [0.25, 0.3) is 0 Å². The number of hydrogen-bond acceptors (Lipinski definition) is 3. The summed E-state index contributed by atoms with van der Waals surface area (Å²) in [5.74, 6) is -0.106. The molecule has 0 heterocycles. The molecule has 0 saturated carbocycles. The third-order valence-electron chi connectivity index (χ3n) is 2.19. The Balaban J connectivity index is 2.40. The number of aliphatic hydroxyl groups is 1. The lowest BCUT2D eigenvalue weighted by molar-refractivity contribution is -0.115. The van der Waals surface area contributed by atoms with E-state index in [1.54, 1.807) is 0 Å². The lowest BCUT2D eigenvalue weighted by Crippen LogP contribution is -2.36. The van der Waals surface area contributed by atoms with Gasteiger partial charge in [-0.05, 0) is 31.5 Å². The van der Waals surface area contributed by atoms with Gasteiger partial charge in [0.1, 0.15) is 0 Å². The van der Waals surface area contributed by atoms with Crippen molar-refractivity contribution in [2.24, 2.45) is 0 Å². The molecule has 1 atom stereocenters. The van der Waals surface area contributed by atoms with Gasteiger partial charge in [0.05, 0.1) is 13.2 Å². The van der Waals surface area contributed by atoms with Crippen molar-refractivity contribution in [2.45, 2.75) is 19.9 Å². The second-order valence-corrected chi connectivity index (χ2v) is 3.88. The molecule has 0 aliphatic heterocycles. The van der Waals surface area contributed by atoms with Gasteiger partial charge in [0.15, 0.2) is 0 Å². The summed E-state index contributed by atoms with van der Waals surface area (Å²) in [6.45, 7) is 4.02. The highest BCUT2D eigenvalue weighted by molar-refractivity contribution is 5.92. The average molecular weight is 222 g/mol. The third-order valence-corrected chi connectivity index (χ3v) is 2.19. The van der Waals surface area contributed by atoms with Crippen LogP contribution in [-0.4, -0.2) is 30.2 Å². The van der Waals surface area contributed by atoms with Gasteiger partial charge in [-0.1, -0.05) is 12.1 Å². The van der Waals surface area contributed by atoms with E-state index in [9.17, 15) is 4.79 Å². The fraction of sp³-hybridized carbons (Fsp3) is 0.417. The average Bonchev–Trinajstić information content (AvgIpc) is 2.26. The second kappa shape index (κ2) is 6.25. The van der Waals surface area contributed by atoms with E-state index in [-0.39, 0.29) is 25.1 Å². The Bertz CT molecular complexity index is 353. The van der Waals surface area contributed by atoms with Crippen molar-refractivity contribution in [1.82, 2.24) is 5.32 Å². The van der Waals surface area contributed by atoms with Crippen molar-refractivity contribution in [2.75, 3.05) is 18.5 Å². The highest BCUT2D eigenvalue weighted by Crippen LogP contribution is 2.08. The monoisotopic (exact) mass is 222 g/mol. The number of hydrogen-bond donors (Lipinski definition) is 3. The molecule has 0 aliphatic carbocycles. The number of carbonyl (C=O) groups excluding carboxylic acids is 1. The molecule has 1 aromatic rings. The number of nitrogens with one attached hydrogen (secondary N) is 2. The van der Waals surface area contributed by atoms with Crippen LogP contribution in [0.4, 0.5) is 5.69 Å². The molecule has 88 valence electrons. The summed E-state index contributed by atoms with van der Waals surface area (Å²) in [5.41, 5.74) is 1.90. The summed E-state index contributed by atoms with van der Waals surface area (Å²) >= 11 is 0. The highest BCUT2D eigenvalue weighted by Gasteiger charge is 2.04. The molecule has 1 aromatic carbocycles. The van der Waals surface area contributed by atoms with E-state index >= 15 is 0 Å². The zero-order chi connectivity index (χ0) is 12.0. The van der Waals surface area contributed by atoms with Gasteiger partial charge in [0.2, 0.25) is 5.91 Å². The molecular weight excluding hydrogens is 204 g/mol. The first-order valence-electron chi connectivity index (χ1n) is 5.32. The second-order valence-electron chi connectivity index (χ2n) is 3.88. The van der Waals surface area contributed by atoms with Crippen LogP contribution in [0.2, 0.25) is 0 Å². The zero-order valence-corrected chi connectivity index (χ0v) is 9.66.